The van der Waals surface area contributed by atoms with Gasteiger partial charge in [-0.1, -0.05) is 25.8 Å². The van der Waals surface area contributed by atoms with Crippen LogP contribution in [0.15, 0.2) is 28.1 Å². The molecule has 146 valence electrons. The number of ether oxygens (including phenoxy) is 3. The summed E-state index contributed by atoms with van der Waals surface area (Å²) in [5.41, 5.74) is 0.891. The molecule has 27 heavy (non-hydrogen) atoms. The summed E-state index contributed by atoms with van der Waals surface area (Å²) in [6.07, 6.45) is 5.19. The number of methoxy groups -OCH3 is 1. The summed E-state index contributed by atoms with van der Waals surface area (Å²) >= 11 is 1.42. The topological polar surface area (TPSA) is 60.4 Å². The average molecular weight is 391 g/mol. The number of amidine groups is 1. The van der Waals surface area contributed by atoms with E-state index in [4.69, 9.17) is 14.2 Å². The number of carbonyl (C=O) groups is 1. The molecule has 6 nitrogen and oxygen atoms in total. The third kappa shape index (κ3) is 5.26. The van der Waals surface area contributed by atoms with Crippen LogP contribution in [0.4, 0.5) is 0 Å². The zero-order valence-corrected chi connectivity index (χ0v) is 16.7. The van der Waals surface area contributed by atoms with Crippen LogP contribution in [0.1, 0.15) is 31.7 Å². The maximum absolute atomic E-state index is 12.3. The number of hydrogen-bond donors (Lipinski definition) is 0. The van der Waals surface area contributed by atoms with Gasteiger partial charge in [-0.2, -0.15) is 4.99 Å². The Bertz CT molecular complexity index is 727. The van der Waals surface area contributed by atoms with Crippen molar-refractivity contribution in [1.82, 2.24) is 4.90 Å². The highest BCUT2D eigenvalue weighted by molar-refractivity contribution is 8.18. The van der Waals surface area contributed by atoms with Gasteiger partial charge in [-0.05, 0) is 42.0 Å². The van der Waals surface area contributed by atoms with Crippen molar-refractivity contribution in [3.63, 3.8) is 0 Å². The Morgan fingerprint density at radius 1 is 1.26 bits per heavy atom. The summed E-state index contributed by atoms with van der Waals surface area (Å²) in [5.74, 6) is 1.21. The van der Waals surface area contributed by atoms with E-state index in [-0.39, 0.29) is 5.91 Å². The van der Waals surface area contributed by atoms with Crippen LogP contribution in [0.5, 0.6) is 11.5 Å². The van der Waals surface area contributed by atoms with Gasteiger partial charge in [0.2, 0.25) is 0 Å². The van der Waals surface area contributed by atoms with Gasteiger partial charge < -0.3 is 19.1 Å². The number of amides is 1. The number of rotatable bonds is 7. The molecule has 3 rings (SSSR count). The smallest absolute Gasteiger partial charge is 0.286 e. The highest BCUT2D eigenvalue weighted by Gasteiger charge is 2.27. The molecule has 0 bridgehead atoms. The Morgan fingerprint density at radius 3 is 2.81 bits per heavy atom. The van der Waals surface area contributed by atoms with Crippen LogP contribution >= 0.6 is 11.8 Å². The summed E-state index contributed by atoms with van der Waals surface area (Å²) in [5, 5.41) is 0.761. The van der Waals surface area contributed by atoms with Crippen molar-refractivity contribution in [3.05, 3.63) is 28.7 Å². The lowest BCUT2D eigenvalue weighted by atomic mass is 10.2. The molecule has 2 heterocycles. The minimum Gasteiger partial charge on any atom is -0.493 e. The molecule has 0 atom stereocenters. The van der Waals surface area contributed by atoms with Crippen LogP contribution < -0.4 is 9.47 Å². The summed E-state index contributed by atoms with van der Waals surface area (Å²) in [4.78, 5) is 19.2. The van der Waals surface area contributed by atoms with E-state index in [1.54, 1.807) is 7.11 Å². The number of morpholine rings is 1. The minimum absolute atomic E-state index is 0.194. The quantitative estimate of drug-likeness (QED) is 0.524. The second kappa shape index (κ2) is 9.80. The van der Waals surface area contributed by atoms with Gasteiger partial charge in [-0.15, -0.1) is 0 Å². The molecular weight excluding hydrogens is 364 g/mol. The Balaban J connectivity index is 1.66. The van der Waals surface area contributed by atoms with E-state index in [2.05, 4.69) is 16.8 Å². The normalized spacial score (nSPS) is 18.7. The van der Waals surface area contributed by atoms with Crippen molar-refractivity contribution >= 4 is 28.9 Å². The molecule has 1 amide bonds. The molecular formula is C20H26N2O4S. The van der Waals surface area contributed by atoms with E-state index in [1.165, 1.54) is 11.8 Å². The molecule has 1 aromatic rings. The van der Waals surface area contributed by atoms with E-state index < -0.39 is 0 Å². The first kappa shape index (κ1) is 19.8. The van der Waals surface area contributed by atoms with Gasteiger partial charge in [0.1, 0.15) is 0 Å². The van der Waals surface area contributed by atoms with Crippen LogP contribution in [0.25, 0.3) is 6.08 Å². The molecule has 0 unspecified atom stereocenters. The van der Waals surface area contributed by atoms with Crippen molar-refractivity contribution in [2.45, 2.75) is 26.2 Å². The number of thioether (sulfide) groups is 1. The number of unbranched alkanes of at least 4 members (excludes halogenated alkanes) is 2. The Labute approximate surface area is 164 Å². The van der Waals surface area contributed by atoms with Gasteiger partial charge in [0.15, 0.2) is 16.7 Å². The lowest BCUT2D eigenvalue weighted by Crippen LogP contribution is -2.38. The standard InChI is InChI=1S/C20H26N2O4S/c1-3-4-5-10-26-16-7-6-15(13-17(16)24-2)14-18-19(23)21-20(27-18)22-8-11-25-12-9-22/h6-7,13-14H,3-5,8-12H2,1-2H3/b18-14+. The number of nitrogens with zero attached hydrogens (tertiary/aromatic N) is 2. The zero-order chi connectivity index (χ0) is 19.1. The maximum atomic E-state index is 12.3. The summed E-state index contributed by atoms with van der Waals surface area (Å²) in [6.45, 7) is 5.72. The van der Waals surface area contributed by atoms with Crippen LogP contribution in [-0.2, 0) is 9.53 Å². The van der Waals surface area contributed by atoms with Crippen LogP contribution in [0.2, 0.25) is 0 Å². The Morgan fingerprint density at radius 2 is 2.07 bits per heavy atom. The third-order valence-corrected chi connectivity index (χ3v) is 5.43. The molecule has 0 N–H and O–H groups in total. The molecule has 1 saturated heterocycles. The molecule has 0 saturated carbocycles. The first-order valence-corrected chi connectivity index (χ1v) is 10.2. The van der Waals surface area contributed by atoms with Crippen molar-refractivity contribution in [2.24, 2.45) is 4.99 Å². The summed E-state index contributed by atoms with van der Waals surface area (Å²) in [7, 11) is 1.63. The first-order valence-electron chi connectivity index (χ1n) is 9.37. The average Bonchev–Trinajstić information content (AvgIpc) is 3.07. The van der Waals surface area contributed by atoms with Crippen LogP contribution in [0.3, 0.4) is 0 Å². The first-order chi connectivity index (χ1) is 13.2. The second-order valence-corrected chi connectivity index (χ2v) is 7.38. The van der Waals surface area contributed by atoms with Gasteiger partial charge in [-0.3, -0.25) is 4.79 Å². The molecule has 0 radical (unpaired) electrons. The third-order valence-electron chi connectivity index (χ3n) is 4.38. The van der Waals surface area contributed by atoms with Gasteiger partial charge >= 0.3 is 0 Å². The van der Waals surface area contributed by atoms with Crippen LogP contribution in [-0.4, -0.2) is 56.0 Å². The van der Waals surface area contributed by atoms with E-state index in [0.717, 1.165) is 48.8 Å². The predicted molar refractivity (Wildman–Crippen MR) is 108 cm³/mol. The molecule has 0 aromatic heterocycles. The van der Waals surface area contributed by atoms with E-state index in [1.807, 2.05) is 24.3 Å². The number of hydrogen-bond acceptors (Lipinski definition) is 6. The van der Waals surface area contributed by atoms with Crippen molar-refractivity contribution in [3.8, 4) is 11.5 Å². The van der Waals surface area contributed by atoms with E-state index in [0.29, 0.717) is 30.5 Å². The lowest BCUT2D eigenvalue weighted by molar-refractivity contribution is -0.113. The molecule has 7 heteroatoms. The van der Waals surface area contributed by atoms with Crippen LogP contribution in [0, 0.1) is 0 Å². The maximum Gasteiger partial charge on any atom is 0.286 e. The van der Waals surface area contributed by atoms with Gasteiger partial charge in [0.05, 0.1) is 31.8 Å². The molecule has 0 spiro atoms. The largest absolute Gasteiger partial charge is 0.493 e. The fourth-order valence-corrected chi connectivity index (χ4v) is 3.83. The fraction of sp³-hybridized carbons (Fsp3) is 0.500. The minimum atomic E-state index is -0.194. The molecule has 0 aliphatic carbocycles. The molecule has 1 aromatic carbocycles. The second-order valence-electron chi connectivity index (χ2n) is 6.38. The lowest BCUT2D eigenvalue weighted by Gasteiger charge is -2.27. The number of aliphatic imine (C=N–C) groups is 1. The monoisotopic (exact) mass is 390 g/mol. The Hall–Kier alpha value is -1.99. The zero-order valence-electron chi connectivity index (χ0n) is 15.9. The molecule has 1 fully saturated rings. The molecule has 2 aliphatic heterocycles. The fourth-order valence-electron chi connectivity index (χ4n) is 2.87. The van der Waals surface area contributed by atoms with Crippen molar-refractivity contribution < 1.29 is 19.0 Å². The van der Waals surface area contributed by atoms with E-state index in [9.17, 15) is 4.79 Å². The van der Waals surface area contributed by atoms with Crippen molar-refractivity contribution in [1.29, 1.82) is 0 Å². The van der Waals surface area contributed by atoms with Gasteiger partial charge in [-0.25, -0.2) is 0 Å². The summed E-state index contributed by atoms with van der Waals surface area (Å²) in [6, 6.07) is 5.72. The predicted octanol–water partition coefficient (Wildman–Crippen LogP) is 3.57. The molecule has 2 aliphatic rings. The SMILES string of the molecule is CCCCCOc1ccc(/C=C2/SC(N3CCOCC3)=NC2=O)cc1OC. The number of benzene rings is 1. The highest BCUT2D eigenvalue weighted by Crippen LogP contribution is 2.33. The van der Waals surface area contributed by atoms with Crippen molar-refractivity contribution in [2.75, 3.05) is 40.0 Å². The summed E-state index contributed by atoms with van der Waals surface area (Å²) < 4.78 is 16.6. The number of carbonyl (C=O) groups excluding carboxylic acids is 1. The Kier molecular flexibility index (Phi) is 7.18. The van der Waals surface area contributed by atoms with Gasteiger partial charge in [0.25, 0.3) is 5.91 Å². The highest BCUT2D eigenvalue weighted by atomic mass is 32.2. The van der Waals surface area contributed by atoms with E-state index >= 15 is 0 Å². The van der Waals surface area contributed by atoms with Gasteiger partial charge in [0, 0.05) is 13.1 Å².